The first-order chi connectivity index (χ1) is 10.2. The van der Waals surface area contributed by atoms with Gasteiger partial charge in [0.1, 0.15) is 11.8 Å². The topological polar surface area (TPSA) is 74.7 Å². The molecule has 0 fully saturated rings. The molecule has 0 amide bonds. The highest BCUT2D eigenvalue weighted by Gasteiger charge is 2.07. The Morgan fingerprint density at radius 3 is 2.52 bits per heavy atom. The van der Waals surface area contributed by atoms with Crippen molar-refractivity contribution in [3.8, 4) is 17.4 Å². The highest BCUT2D eigenvalue weighted by atomic mass is 35.5. The Labute approximate surface area is 125 Å². The minimum absolute atomic E-state index is 0.353. The number of anilines is 2. The second-order valence-corrected chi connectivity index (χ2v) is 4.64. The van der Waals surface area contributed by atoms with Crippen LogP contribution in [0.1, 0.15) is 5.69 Å². The Hall–Kier alpha value is -2.84. The number of rotatable bonds is 3. The summed E-state index contributed by atoms with van der Waals surface area (Å²) in [6.07, 6.45) is 3.17. The normalized spacial score (nSPS) is 10.1. The average Bonchev–Trinajstić information content (AvgIpc) is 2.97. The summed E-state index contributed by atoms with van der Waals surface area (Å²) in [5.41, 5.74) is 1.94. The molecule has 0 saturated heterocycles. The molecule has 0 spiro atoms. The summed E-state index contributed by atoms with van der Waals surface area (Å²) in [4.78, 5) is 8.11. The molecule has 3 rings (SSSR count). The summed E-state index contributed by atoms with van der Waals surface area (Å²) < 4.78 is 5.61. The van der Waals surface area contributed by atoms with Crippen molar-refractivity contribution in [2.75, 3.05) is 5.32 Å². The number of nitriles is 1. The Bertz CT molecular complexity index is 788. The predicted octanol–water partition coefficient (Wildman–Crippen LogP) is 4.01. The smallest absolute Gasteiger partial charge is 0.299 e. The number of nitrogens with zero attached hydrogens (tertiary/aromatic N) is 3. The van der Waals surface area contributed by atoms with Crippen LogP contribution < -0.4 is 5.32 Å². The van der Waals surface area contributed by atoms with E-state index in [1.165, 1.54) is 0 Å². The summed E-state index contributed by atoms with van der Waals surface area (Å²) in [5.74, 6) is 0.635. The fourth-order valence-electron chi connectivity index (χ4n) is 1.74. The van der Waals surface area contributed by atoms with Crippen LogP contribution in [0.25, 0.3) is 11.3 Å². The molecule has 3 aromatic rings. The molecule has 1 aromatic carbocycles. The molecule has 1 N–H and O–H groups in total. The van der Waals surface area contributed by atoms with Gasteiger partial charge in [0, 0.05) is 10.6 Å². The summed E-state index contributed by atoms with van der Waals surface area (Å²) in [6.45, 7) is 0. The summed E-state index contributed by atoms with van der Waals surface area (Å²) in [7, 11) is 0. The van der Waals surface area contributed by atoms with Crippen LogP contribution >= 0.6 is 11.6 Å². The van der Waals surface area contributed by atoms with E-state index in [4.69, 9.17) is 21.3 Å². The highest BCUT2D eigenvalue weighted by Crippen LogP contribution is 2.25. The van der Waals surface area contributed by atoms with Crippen LogP contribution in [-0.4, -0.2) is 9.97 Å². The van der Waals surface area contributed by atoms with Gasteiger partial charge < -0.3 is 9.73 Å². The van der Waals surface area contributed by atoms with Gasteiger partial charge >= 0.3 is 0 Å². The molecule has 21 heavy (non-hydrogen) atoms. The Morgan fingerprint density at radius 2 is 1.86 bits per heavy atom. The van der Waals surface area contributed by atoms with Crippen LogP contribution in [0.15, 0.2) is 53.2 Å². The summed E-state index contributed by atoms with van der Waals surface area (Å²) >= 11 is 5.85. The number of benzene rings is 1. The number of hydrogen-bond acceptors (Lipinski definition) is 5. The van der Waals surface area contributed by atoms with Crippen molar-refractivity contribution in [2.24, 2.45) is 0 Å². The van der Waals surface area contributed by atoms with E-state index in [0.29, 0.717) is 28.2 Å². The van der Waals surface area contributed by atoms with Crippen LogP contribution in [0, 0.1) is 11.3 Å². The van der Waals surface area contributed by atoms with Crippen molar-refractivity contribution in [3.63, 3.8) is 0 Å². The lowest BCUT2D eigenvalue weighted by Gasteiger charge is -2.00. The zero-order valence-corrected chi connectivity index (χ0v) is 11.5. The molecule has 0 bridgehead atoms. The van der Waals surface area contributed by atoms with Gasteiger partial charge in [-0.2, -0.15) is 5.26 Å². The molecule has 2 aromatic heterocycles. The molecule has 0 atom stereocenters. The molecule has 5 nitrogen and oxygen atoms in total. The molecule has 0 unspecified atom stereocenters. The fraction of sp³-hybridized carbons (Fsp3) is 0. The van der Waals surface area contributed by atoms with Gasteiger partial charge in [0.05, 0.1) is 18.1 Å². The third kappa shape index (κ3) is 3.02. The number of hydrogen-bond donors (Lipinski definition) is 1. The van der Waals surface area contributed by atoms with E-state index < -0.39 is 0 Å². The zero-order chi connectivity index (χ0) is 14.7. The summed E-state index contributed by atoms with van der Waals surface area (Å²) in [6, 6.07) is 13.0. The van der Waals surface area contributed by atoms with Crippen molar-refractivity contribution >= 4 is 23.3 Å². The maximum atomic E-state index is 8.69. The largest absolute Gasteiger partial charge is 0.423 e. The zero-order valence-electron chi connectivity index (χ0n) is 10.7. The first-order valence-electron chi connectivity index (χ1n) is 6.09. The second kappa shape index (κ2) is 5.65. The SMILES string of the molecule is N#Cc1ccc(Nc2ncc(-c3ccc(Cl)cc3)o2)cn1. The minimum atomic E-state index is 0.353. The third-order valence-electron chi connectivity index (χ3n) is 2.76. The Morgan fingerprint density at radius 1 is 1.05 bits per heavy atom. The van der Waals surface area contributed by atoms with Crippen molar-refractivity contribution in [3.05, 3.63) is 59.5 Å². The van der Waals surface area contributed by atoms with Gasteiger partial charge in [0.2, 0.25) is 0 Å². The van der Waals surface area contributed by atoms with Gasteiger partial charge in [-0.05, 0) is 36.4 Å². The van der Waals surface area contributed by atoms with Gasteiger partial charge in [0.15, 0.2) is 5.76 Å². The van der Waals surface area contributed by atoms with E-state index in [-0.39, 0.29) is 0 Å². The number of pyridine rings is 1. The van der Waals surface area contributed by atoms with Gasteiger partial charge in [-0.25, -0.2) is 9.97 Å². The molecular weight excluding hydrogens is 288 g/mol. The minimum Gasteiger partial charge on any atom is -0.423 e. The van der Waals surface area contributed by atoms with Crippen LogP contribution in [0.5, 0.6) is 0 Å². The van der Waals surface area contributed by atoms with E-state index >= 15 is 0 Å². The molecule has 0 radical (unpaired) electrons. The first-order valence-corrected chi connectivity index (χ1v) is 6.47. The quantitative estimate of drug-likeness (QED) is 0.790. The standard InChI is InChI=1S/C15H9ClN4O/c16-11-3-1-10(2-4-11)14-9-19-15(21-14)20-13-6-5-12(7-17)18-8-13/h1-6,8-9H,(H,19,20). The van der Waals surface area contributed by atoms with Crippen molar-refractivity contribution in [1.82, 2.24) is 9.97 Å². The van der Waals surface area contributed by atoms with Crippen LogP contribution in [0.4, 0.5) is 11.7 Å². The van der Waals surface area contributed by atoms with Crippen LogP contribution in [-0.2, 0) is 0 Å². The van der Waals surface area contributed by atoms with E-state index in [0.717, 1.165) is 5.56 Å². The Kier molecular flexibility index (Phi) is 3.54. The Balaban J connectivity index is 1.78. The maximum Gasteiger partial charge on any atom is 0.299 e. The number of halogens is 1. The monoisotopic (exact) mass is 296 g/mol. The fourth-order valence-corrected chi connectivity index (χ4v) is 1.86. The van der Waals surface area contributed by atoms with E-state index in [9.17, 15) is 0 Å². The number of aromatic nitrogens is 2. The number of nitrogens with one attached hydrogen (secondary N) is 1. The van der Waals surface area contributed by atoms with Gasteiger partial charge in [-0.1, -0.05) is 11.6 Å². The van der Waals surface area contributed by atoms with Gasteiger partial charge in [0.25, 0.3) is 6.01 Å². The van der Waals surface area contributed by atoms with Crippen molar-refractivity contribution in [2.45, 2.75) is 0 Å². The lowest BCUT2D eigenvalue weighted by molar-refractivity contribution is 0.592. The van der Waals surface area contributed by atoms with Crippen LogP contribution in [0.2, 0.25) is 5.02 Å². The molecule has 0 aliphatic rings. The summed E-state index contributed by atoms with van der Waals surface area (Å²) in [5, 5.41) is 12.3. The molecule has 0 aliphatic carbocycles. The molecule has 6 heteroatoms. The lowest BCUT2D eigenvalue weighted by atomic mass is 10.2. The second-order valence-electron chi connectivity index (χ2n) is 4.21. The molecule has 2 heterocycles. The van der Waals surface area contributed by atoms with Crippen molar-refractivity contribution in [1.29, 1.82) is 5.26 Å². The average molecular weight is 297 g/mol. The van der Waals surface area contributed by atoms with E-state index in [1.54, 1.807) is 36.7 Å². The first kappa shape index (κ1) is 13.2. The van der Waals surface area contributed by atoms with E-state index in [1.807, 2.05) is 18.2 Å². The van der Waals surface area contributed by atoms with Gasteiger partial charge in [-0.15, -0.1) is 0 Å². The van der Waals surface area contributed by atoms with Crippen molar-refractivity contribution < 1.29 is 4.42 Å². The van der Waals surface area contributed by atoms with Crippen LogP contribution in [0.3, 0.4) is 0 Å². The molecule has 0 aliphatic heterocycles. The van der Waals surface area contributed by atoms with E-state index in [2.05, 4.69) is 15.3 Å². The number of oxazole rings is 1. The maximum absolute atomic E-state index is 8.69. The third-order valence-corrected chi connectivity index (χ3v) is 3.02. The lowest BCUT2D eigenvalue weighted by Crippen LogP contribution is -1.91. The predicted molar refractivity (Wildman–Crippen MR) is 79.2 cm³/mol. The molecular formula is C15H9ClN4O. The highest BCUT2D eigenvalue weighted by molar-refractivity contribution is 6.30. The van der Waals surface area contributed by atoms with Gasteiger partial charge in [-0.3, -0.25) is 0 Å². The molecule has 102 valence electrons. The molecule has 0 saturated carbocycles.